The van der Waals surface area contributed by atoms with E-state index in [1.165, 1.54) is 32.1 Å². The smallest absolute Gasteiger partial charge is 0.329 e. The largest absolute Gasteiger partial charge is 0.458 e. The zero-order valence-electron chi connectivity index (χ0n) is 18.4. The lowest BCUT2D eigenvalue weighted by molar-refractivity contribution is -0.149. The predicted molar refractivity (Wildman–Crippen MR) is 117 cm³/mol. The molecule has 0 radical (unpaired) electrons. The van der Waals surface area contributed by atoms with E-state index in [0.29, 0.717) is 12.8 Å². The van der Waals surface area contributed by atoms with E-state index in [1.807, 2.05) is 26.0 Å². The Balaban J connectivity index is 2.18. The highest BCUT2D eigenvalue weighted by Gasteiger charge is 2.42. The first-order valence-corrected chi connectivity index (χ1v) is 11.1. The fourth-order valence-corrected chi connectivity index (χ4v) is 3.22. The lowest BCUT2D eigenvalue weighted by atomic mass is 9.97. The number of ether oxygens (including phenoxy) is 1. The van der Waals surface area contributed by atoms with E-state index in [2.05, 4.69) is 24.4 Å². The van der Waals surface area contributed by atoms with Crippen molar-refractivity contribution in [3.63, 3.8) is 0 Å². The van der Waals surface area contributed by atoms with Crippen LogP contribution in [0.3, 0.4) is 0 Å². The van der Waals surface area contributed by atoms with Crippen molar-refractivity contribution >= 4 is 11.9 Å². The van der Waals surface area contributed by atoms with Crippen LogP contribution >= 0.6 is 0 Å². The molecular formula is C24H39NO4. The molecule has 3 unspecified atom stereocenters. The van der Waals surface area contributed by atoms with Crippen LogP contribution in [0.25, 0.3) is 0 Å². The van der Waals surface area contributed by atoms with Crippen LogP contribution < -0.4 is 5.32 Å². The molecule has 0 aromatic rings. The zero-order valence-corrected chi connectivity index (χ0v) is 18.4. The molecule has 1 aliphatic rings. The lowest BCUT2D eigenvalue weighted by Crippen LogP contribution is -2.39. The third kappa shape index (κ3) is 11.0. The fraction of sp³-hybridized carbons (Fsp3) is 0.667. The number of cyclic esters (lactones) is 1. The molecular weight excluding hydrogens is 366 g/mol. The number of amides is 1. The Morgan fingerprint density at radius 2 is 1.97 bits per heavy atom. The van der Waals surface area contributed by atoms with Gasteiger partial charge in [-0.3, -0.25) is 4.79 Å². The molecule has 1 heterocycles. The lowest BCUT2D eigenvalue weighted by Gasteiger charge is -2.19. The molecule has 0 aromatic heterocycles. The molecule has 5 nitrogen and oxygen atoms in total. The molecule has 3 atom stereocenters. The molecule has 1 saturated heterocycles. The first kappa shape index (κ1) is 25.2. The predicted octanol–water partition coefficient (Wildman–Crippen LogP) is 4.76. The minimum absolute atomic E-state index is 0.0745. The van der Waals surface area contributed by atoms with Gasteiger partial charge in [-0.15, -0.1) is 0 Å². The van der Waals surface area contributed by atoms with Gasteiger partial charge in [0.1, 0.15) is 11.6 Å². The molecule has 1 aliphatic heterocycles. The molecule has 1 amide bonds. The van der Waals surface area contributed by atoms with Gasteiger partial charge in [0.05, 0.1) is 12.5 Å². The zero-order chi connectivity index (χ0) is 21.5. The van der Waals surface area contributed by atoms with Crippen LogP contribution in [0, 0.1) is 0 Å². The first-order valence-electron chi connectivity index (χ1n) is 11.1. The van der Waals surface area contributed by atoms with Gasteiger partial charge >= 0.3 is 5.97 Å². The summed E-state index contributed by atoms with van der Waals surface area (Å²) in [5.74, 6) is -0.750. The van der Waals surface area contributed by atoms with Crippen molar-refractivity contribution in [2.45, 2.75) is 103 Å². The molecule has 0 saturated carbocycles. The summed E-state index contributed by atoms with van der Waals surface area (Å²) >= 11 is 0. The summed E-state index contributed by atoms with van der Waals surface area (Å²) in [4.78, 5) is 23.9. The van der Waals surface area contributed by atoms with E-state index in [0.717, 1.165) is 12.8 Å². The Labute approximate surface area is 176 Å². The van der Waals surface area contributed by atoms with E-state index in [4.69, 9.17) is 4.74 Å². The topological polar surface area (TPSA) is 75.6 Å². The molecule has 0 aromatic carbocycles. The third-order valence-electron chi connectivity index (χ3n) is 5.24. The van der Waals surface area contributed by atoms with Crippen molar-refractivity contribution in [2.24, 2.45) is 0 Å². The second-order valence-electron chi connectivity index (χ2n) is 8.04. The number of rotatable bonds is 14. The minimum atomic E-state index is -0.881. The van der Waals surface area contributed by atoms with Gasteiger partial charge in [-0.05, 0) is 32.6 Å². The molecule has 29 heavy (non-hydrogen) atoms. The van der Waals surface area contributed by atoms with E-state index in [1.54, 1.807) is 12.2 Å². The van der Waals surface area contributed by atoms with Crippen molar-refractivity contribution in [2.75, 3.05) is 0 Å². The summed E-state index contributed by atoms with van der Waals surface area (Å²) in [6.07, 6.45) is 20.3. The monoisotopic (exact) mass is 405 g/mol. The average Bonchev–Trinajstić information content (AvgIpc) is 2.96. The maximum Gasteiger partial charge on any atom is 0.329 e. The summed E-state index contributed by atoms with van der Waals surface area (Å²) in [5.41, 5.74) is -0.512. The summed E-state index contributed by atoms with van der Waals surface area (Å²) in [6.45, 7) is 6.04. The van der Waals surface area contributed by atoms with Crippen LogP contribution in [0.4, 0.5) is 0 Å². The van der Waals surface area contributed by atoms with E-state index in [9.17, 15) is 14.7 Å². The van der Waals surface area contributed by atoms with Crippen molar-refractivity contribution in [3.8, 4) is 0 Å². The Morgan fingerprint density at radius 1 is 1.21 bits per heavy atom. The van der Waals surface area contributed by atoms with Gasteiger partial charge in [-0.1, -0.05) is 76.0 Å². The van der Waals surface area contributed by atoms with E-state index in [-0.39, 0.29) is 12.3 Å². The van der Waals surface area contributed by atoms with Crippen molar-refractivity contribution < 1.29 is 19.4 Å². The highest BCUT2D eigenvalue weighted by molar-refractivity contribution is 5.86. The third-order valence-corrected chi connectivity index (χ3v) is 5.24. The van der Waals surface area contributed by atoms with E-state index >= 15 is 0 Å². The van der Waals surface area contributed by atoms with Gasteiger partial charge in [-0.2, -0.15) is 0 Å². The number of carbonyl (C=O) groups is 2. The Bertz CT molecular complexity index is 581. The number of nitrogens with one attached hydrogen (secondary N) is 1. The van der Waals surface area contributed by atoms with Gasteiger partial charge in [0.15, 0.2) is 0 Å². The standard InChI is InChI=1S/C24H39NO4/c1-4-6-7-8-9-10-11-12-13-14-15-16-17-20(26)18-22(27)25-21-19-24(3,5-2)29-23(21)28/h11-12,14-17,20-21,26H,4-10,13,18-19H2,1-3H3,(H,25,27). The number of hydrogen-bond acceptors (Lipinski definition) is 4. The number of esters is 1. The Hall–Kier alpha value is -1.88. The van der Waals surface area contributed by atoms with Crippen LogP contribution in [-0.4, -0.2) is 34.7 Å². The molecule has 0 bridgehead atoms. The van der Waals surface area contributed by atoms with Gasteiger partial charge in [0.25, 0.3) is 0 Å². The van der Waals surface area contributed by atoms with Crippen LogP contribution in [0.1, 0.15) is 85.0 Å². The first-order chi connectivity index (χ1) is 13.9. The second-order valence-corrected chi connectivity index (χ2v) is 8.04. The van der Waals surface area contributed by atoms with Crippen LogP contribution in [0.15, 0.2) is 36.5 Å². The second kappa shape index (κ2) is 14.2. The molecule has 1 rings (SSSR count). The van der Waals surface area contributed by atoms with Gasteiger partial charge in [0, 0.05) is 6.42 Å². The molecule has 5 heteroatoms. The fourth-order valence-electron chi connectivity index (χ4n) is 3.22. The van der Waals surface area contributed by atoms with Gasteiger partial charge in [0.2, 0.25) is 5.91 Å². The summed E-state index contributed by atoms with van der Waals surface area (Å²) in [6, 6.07) is -0.623. The van der Waals surface area contributed by atoms with Gasteiger partial charge < -0.3 is 15.2 Å². The van der Waals surface area contributed by atoms with Crippen LogP contribution in [0.2, 0.25) is 0 Å². The summed E-state index contributed by atoms with van der Waals surface area (Å²) in [5, 5.41) is 12.6. The molecule has 2 N–H and O–H groups in total. The quantitative estimate of drug-likeness (QED) is 0.189. The molecule has 1 fully saturated rings. The molecule has 0 aliphatic carbocycles. The highest BCUT2D eigenvalue weighted by Crippen LogP contribution is 2.29. The summed E-state index contributed by atoms with van der Waals surface area (Å²) in [7, 11) is 0. The number of unbranched alkanes of at least 4 members (excludes halogenated alkanes) is 5. The van der Waals surface area contributed by atoms with E-state index < -0.39 is 23.7 Å². The molecule has 0 spiro atoms. The molecule has 164 valence electrons. The average molecular weight is 406 g/mol. The number of allylic oxidation sites excluding steroid dienone is 5. The number of aliphatic hydroxyl groups is 1. The normalized spacial score (nSPS) is 23.3. The highest BCUT2D eigenvalue weighted by atomic mass is 16.6. The number of carbonyl (C=O) groups excluding carboxylic acids is 2. The van der Waals surface area contributed by atoms with Crippen molar-refractivity contribution in [1.82, 2.24) is 5.32 Å². The van der Waals surface area contributed by atoms with Crippen LogP contribution in [-0.2, 0) is 14.3 Å². The minimum Gasteiger partial charge on any atom is -0.458 e. The summed E-state index contributed by atoms with van der Waals surface area (Å²) < 4.78 is 5.32. The number of aliphatic hydroxyl groups excluding tert-OH is 1. The van der Waals surface area contributed by atoms with Crippen LogP contribution in [0.5, 0.6) is 0 Å². The Kier molecular flexibility index (Phi) is 12.3. The van der Waals surface area contributed by atoms with Crippen molar-refractivity contribution in [3.05, 3.63) is 36.5 Å². The van der Waals surface area contributed by atoms with Crippen molar-refractivity contribution in [1.29, 1.82) is 0 Å². The number of hydrogen-bond donors (Lipinski definition) is 2. The SMILES string of the molecule is CCCCCCCC=CCC=CC=CC(O)CC(=O)NC1CC(C)(CC)OC1=O. The van der Waals surface area contributed by atoms with Gasteiger partial charge in [-0.25, -0.2) is 4.79 Å². The maximum atomic E-state index is 12.0. The maximum absolute atomic E-state index is 12.0. The Morgan fingerprint density at radius 3 is 2.66 bits per heavy atom.